The highest BCUT2D eigenvalue weighted by molar-refractivity contribution is 5.91. The van der Waals surface area contributed by atoms with E-state index in [1.54, 1.807) is 0 Å². The van der Waals surface area contributed by atoms with E-state index in [4.69, 9.17) is 10.8 Å². The number of amides is 2. The number of hydrogen-bond donors (Lipinski definition) is 5. The van der Waals surface area contributed by atoms with Crippen molar-refractivity contribution in [2.24, 2.45) is 17.6 Å². The van der Waals surface area contributed by atoms with E-state index in [1.165, 1.54) is 0 Å². The summed E-state index contributed by atoms with van der Waals surface area (Å²) in [5.41, 5.74) is 5.66. The smallest absolute Gasteiger partial charge is 0.326 e. The van der Waals surface area contributed by atoms with E-state index in [9.17, 15) is 24.3 Å². The van der Waals surface area contributed by atoms with Crippen molar-refractivity contribution in [1.29, 1.82) is 0 Å². The lowest BCUT2D eigenvalue weighted by Gasteiger charge is -2.24. The summed E-state index contributed by atoms with van der Waals surface area (Å²) in [6.07, 6.45) is 0.256. The molecule has 0 aromatic rings. The van der Waals surface area contributed by atoms with Crippen LogP contribution in [0.15, 0.2) is 0 Å². The summed E-state index contributed by atoms with van der Waals surface area (Å²) in [4.78, 5) is 46.5. The van der Waals surface area contributed by atoms with Crippen LogP contribution >= 0.6 is 0 Å². The lowest BCUT2D eigenvalue weighted by Crippen LogP contribution is -2.55. The predicted octanol–water partition coefficient (Wildman–Crippen LogP) is 0.325. The molecule has 2 amide bonds. The maximum atomic E-state index is 12.5. The lowest BCUT2D eigenvalue weighted by molar-refractivity contribution is -0.142. The molecule has 150 valence electrons. The number of carboxylic acids is 2. The Balaban J connectivity index is 5.00. The minimum atomic E-state index is -1.14. The van der Waals surface area contributed by atoms with Gasteiger partial charge in [-0.15, -0.1) is 0 Å². The second kappa shape index (κ2) is 11.5. The molecule has 0 aliphatic carbocycles. The van der Waals surface area contributed by atoms with Crippen molar-refractivity contribution in [2.45, 2.75) is 71.5 Å². The number of carbonyl (C=O) groups excluding carboxylic acids is 2. The van der Waals surface area contributed by atoms with Gasteiger partial charge in [-0.2, -0.15) is 0 Å². The van der Waals surface area contributed by atoms with Gasteiger partial charge in [0.15, 0.2) is 0 Å². The van der Waals surface area contributed by atoms with E-state index < -0.39 is 41.9 Å². The van der Waals surface area contributed by atoms with E-state index >= 15 is 0 Å². The number of carbonyl (C=O) groups is 4. The van der Waals surface area contributed by atoms with Crippen LogP contribution in [0.3, 0.4) is 0 Å². The highest BCUT2D eigenvalue weighted by Gasteiger charge is 2.28. The molecule has 0 unspecified atom stereocenters. The Bertz CT molecular complexity index is 507. The van der Waals surface area contributed by atoms with E-state index in [2.05, 4.69) is 10.6 Å². The largest absolute Gasteiger partial charge is 0.481 e. The average molecular weight is 373 g/mol. The molecule has 9 heteroatoms. The quantitative estimate of drug-likeness (QED) is 0.329. The van der Waals surface area contributed by atoms with E-state index in [1.807, 2.05) is 27.7 Å². The third kappa shape index (κ3) is 9.97. The normalized spacial score (nSPS) is 14.6. The third-order valence-corrected chi connectivity index (χ3v) is 3.67. The molecule has 6 N–H and O–H groups in total. The highest BCUT2D eigenvalue weighted by Crippen LogP contribution is 2.09. The number of nitrogens with two attached hydrogens (primary N) is 1. The number of aliphatic carboxylic acids is 2. The first-order valence-corrected chi connectivity index (χ1v) is 8.74. The second-order valence-corrected chi connectivity index (χ2v) is 7.26. The van der Waals surface area contributed by atoms with Crippen LogP contribution in [0.5, 0.6) is 0 Å². The van der Waals surface area contributed by atoms with Crippen LogP contribution in [-0.2, 0) is 19.2 Å². The van der Waals surface area contributed by atoms with Crippen molar-refractivity contribution in [3.8, 4) is 0 Å². The third-order valence-electron chi connectivity index (χ3n) is 3.67. The molecule has 0 bridgehead atoms. The van der Waals surface area contributed by atoms with Crippen LogP contribution in [0.25, 0.3) is 0 Å². The van der Waals surface area contributed by atoms with Crippen LogP contribution in [0.1, 0.15) is 53.4 Å². The molecule has 3 atom stereocenters. The fraction of sp³-hybridized carbons (Fsp3) is 0.765. The number of nitrogens with one attached hydrogen (secondary N) is 2. The molecule has 0 aromatic heterocycles. The molecular weight excluding hydrogens is 342 g/mol. The minimum Gasteiger partial charge on any atom is -0.481 e. The Morgan fingerprint density at radius 2 is 1.31 bits per heavy atom. The van der Waals surface area contributed by atoms with Crippen molar-refractivity contribution in [3.05, 3.63) is 0 Å². The van der Waals surface area contributed by atoms with E-state index in [0.717, 1.165) is 0 Å². The average Bonchev–Trinajstić information content (AvgIpc) is 2.49. The zero-order valence-corrected chi connectivity index (χ0v) is 15.8. The molecule has 0 aliphatic heterocycles. The Kier molecular flexibility index (Phi) is 10.5. The summed E-state index contributed by atoms with van der Waals surface area (Å²) in [6, 6.07) is -3.04. The first-order chi connectivity index (χ1) is 11.9. The zero-order valence-electron chi connectivity index (χ0n) is 15.8. The van der Waals surface area contributed by atoms with Gasteiger partial charge in [-0.3, -0.25) is 14.4 Å². The fourth-order valence-electron chi connectivity index (χ4n) is 2.36. The number of carboxylic acid groups (broad SMARTS) is 2. The number of rotatable bonds is 12. The standard InChI is InChI=1S/C17H31N3O6/c1-9(2)7-12(19-15(23)11(18)5-6-14(21)22)16(24)20-13(17(25)26)8-10(3)4/h9-13H,5-8,18H2,1-4H3,(H,19,23)(H,20,24)(H,21,22)(H,25,26)/t11-,12-,13-/m0/s1. The molecule has 0 saturated carbocycles. The molecule has 9 nitrogen and oxygen atoms in total. The van der Waals surface area contributed by atoms with Crippen molar-refractivity contribution >= 4 is 23.8 Å². The fourth-order valence-corrected chi connectivity index (χ4v) is 2.36. The molecule has 0 radical (unpaired) electrons. The van der Waals surface area contributed by atoms with Crippen LogP contribution in [0.4, 0.5) is 0 Å². The molecule has 0 aliphatic rings. The second-order valence-electron chi connectivity index (χ2n) is 7.26. The Morgan fingerprint density at radius 1 is 0.846 bits per heavy atom. The predicted molar refractivity (Wildman–Crippen MR) is 95.3 cm³/mol. The van der Waals surface area contributed by atoms with Crippen LogP contribution in [0.2, 0.25) is 0 Å². The monoisotopic (exact) mass is 373 g/mol. The molecule has 0 fully saturated rings. The summed E-state index contributed by atoms with van der Waals surface area (Å²) < 4.78 is 0. The zero-order chi connectivity index (χ0) is 20.4. The SMILES string of the molecule is CC(C)C[C@H](NC(=O)[C@H](CC(C)C)NC(=O)[C@@H](N)CCC(=O)O)C(=O)O. The molecule has 0 spiro atoms. The van der Waals surface area contributed by atoms with Gasteiger partial charge in [-0.25, -0.2) is 4.79 Å². The molecule has 0 heterocycles. The summed E-state index contributed by atoms with van der Waals surface area (Å²) in [5.74, 6) is -3.30. The van der Waals surface area contributed by atoms with Gasteiger partial charge >= 0.3 is 11.9 Å². The Morgan fingerprint density at radius 3 is 1.73 bits per heavy atom. The van der Waals surface area contributed by atoms with Gasteiger partial charge in [0.05, 0.1) is 6.04 Å². The highest BCUT2D eigenvalue weighted by atomic mass is 16.4. The van der Waals surface area contributed by atoms with Crippen LogP contribution in [0, 0.1) is 11.8 Å². The van der Waals surface area contributed by atoms with E-state index in [-0.39, 0.29) is 31.1 Å². The van der Waals surface area contributed by atoms with Crippen LogP contribution < -0.4 is 16.4 Å². The molecule has 26 heavy (non-hydrogen) atoms. The van der Waals surface area contributed by atoms with Gasteiger partial charge < -0.3 is 26.6 Å². The molecule has 0 saturated heterocycles. The summed E-state index contributed by atoms with van der Waals surface area (Å²) >= 11 is 0. The summed E-state index contributed by atoms with van der Waals surface area (Å²) in [7, 11) is 0. The van der Waals surface area contributed by atoms with Crippen molar-refractivity contribution in [3.63, 3.8) is 0 Å². The molecular formula is C17H31N3O6. The van der Waals surface area contributed by atoms with Gasteiger partial charge in [0.25, 0.3) is 0 Å². The first kappa shape index (κ1) is 23.8. The maximum absolute atomic E-state index is 12.5. The molecule has 0 rings (SSSR count). The molecule has 0 aromatic carbocycles. The number of hydrogen-bond acceptors (Lipinski definition) is 5. The Hall–Kier alpha value is -2.16. The van der Waals surface area contributed by atoms with E-state index in [0.29, 0.717) is 6.42 Å². The van der Waals surface area contributed by atoms with Gasteiger partial charge in [0, 0.05) is 6.42 Å². The summed E-state index contributed by atoms with van der Waals surface area (Å²) in [5, 5.41) is 22.9. The van der Waals surface area contributed by atoms with Gasteiger partial charge in [-0.1, -0.05) is 27.7 Å². The maximum Gasteiger partial charge on any atom is 0.326 e. The first-order valence-electron chi connectivity index (χ1n) is 8.74. The van der Waals surface area contributed by atoms with Gasteiger partial charge in [-0.05, 0) is 31.1 Å². The van der Waals surface area contributed by atoms with Gasteiger partial charge in [0.2, 0.25) is 11.8 Å². The van der Waals surface area contributed by atoms with Crippen LogP contribution in [-0.4, -0.2) is 52.1 Å². The van der Waals surface area contributed by atoms with Crippen molar-refractivity contribution in [1.82, 2.24) is 10.6 Å². The van der Waals surface area contributed by atoms with Crippen molar-refractivity contribution < 1.29 is 29.4 Å². The topological polar surface area (TPSA) is 159 Å². The summed E-state index contributed by atoms with van der Waals surface area (Å²) in [6.45, 7) is 7.41. The van der Waals surface area contributed by atoms with Crippen molar-refractivity contribution in [2.75, 3.05) is 0 Å². The minimum absolute atomic E-state index is 0.0533. The lowest BCUT2D eigenvalue weighted by atomic mass is 10.00. The van der Waals surface area contributed by atoms with Gasteiger partial charge in [0.1, 0.15) is 12.1 Å². The Labute approximate surface area is 153 Å².